The summed E-state index contributed by atoms with van der Waals surface area (Å²) in [4.78, 5) is 0. The van der Waals surface area contributed by atoms with Crippen LogP contribution in [-0.4, -0.2) is 10.8 Å². The van der Waals surface area contributed by atoms with E-state index in [0.29, 0.717) is 11.4 Å². The van der Waals surface area contributed by atoms with Gasteiger partial charge >= 0.3 is 0 Å². The van der Waals surface area contributed by atoms with Gasteiger partial charge in [-0.2, -0.15) is 0 Å². The maximum absolute atomic E-state index is 10.9. The van der Waals surface area contributed by atoms with Gasteiger partial charge in [-0.05, 0) is 62.1 Å². The number of para-hydroxylation sites is 1. The smallest absolute Gasteiger partial charge is 0.158 e. The molecule has 0 aromatic heterocycles. The quantitative estimate of drug-likeness (QED) is 0.647. The van der Waals surface area contributed by atoms with Gasteiger partial charge < -0.3 is 5.11 Å². The van der Waals surface area contributed by atoms with Crippen LogP contribution in [0.15, 0.2) is 84.9 Å². The first-order valence-corrected chi connectivity index (χ1v) is 11.5. The Morgan fingerprint density at radius 3 is 1.65 bits per heavy atom. The third kappa shape index (κ3) is 2.95. The lowest BCUT2D eigenvalue weighted by molar-refractivity contribution is 0.478. The van der Waals surface area contributed by atoms with Gasteiger partial charge in [0.15, 0.2) is 5.75 Å². The molecule has 1 aliphatic carbocycles. The van der Waals surface area contributed by atoms with Crippen LogP contribution in [-0.2, 0) is 0 Å². The molecule has 3 aromatic carbocycles. The number of aromatic hydroxyl groups is 1. The average Bonchev–Trinajstić information content (AvgIpc) is 2.72. The van der Waals surface area contributed by atoms with Crippen LogP contribution >= 0.6 is 7.26 Å². The lowest BCUT2D eigenvalue weighted by atomic mass is 10.0. The van der Waals surface area contributed by atoms with Crippen LogP contribution in [0.1, 0.15) is 32.1 Å². The summed E-state index contributed by atoms with van der Waals surface area (Å²) >= 11 is 0. The van der Waals surface area contributed by atoms with Crippen LogP contribution in [0.5, 0.6) is 5.75 Å². The Hall–Kier alpha value is -2.11. The van der Waals surface area contributed by atoms with E-state index in [1.807, 2.05) is 12.1 Å². The normalized spacial score (nSPS) is 15.7. The minimum absolute atomic E-state index is 0.444. The van der Waals surface area contributed by atoms with Crippen molar-refractivity contribution in [1.29, 1.82) is 0 Å². The van der Waals surface area contributed by atoms with Gasteiger partial charge in [0.2, 0.25) is 0 Å². The highest BCUT2D eigenvalue weighted by Gasteiger charge is 2.53. The molecule has 1 nitrogen and oxygen atoms in total. The van der Waals surface area contributed by atoms with Crippen LogP contribution in [0.2, 0.25) is 0 Å². The minimum Gasteiger partial charge on any atom is -0.504 e. The van der Waals surface area contributed by atoms with Crippen molar-refractivity contribution in [3.05, 3.63) is 84.9 Å². The molecule has 0 atom stereocenters. The second kappa shape index (κ2) is 7.64. The molecule has 1 aliphatic rings. The fourth-order valence-electron chi connectivity index (χ4n) is 4.60. The third-order valence-electron chi connectivity index (χ3n) is 5.71. The van der Waals surface area contributed by atoms with E-state index in [1.165, 1.54) is 42.7 Å². The molecule has 2 heteroatoms. The van der Waals surface area contributed by atoms with E-state index in [4.69, 9.17) is 0 Å². The number of hydrogen-bond acceptors (Lipinski definition) is 1. The van der Waals surface area contributed by atoms with Gasteiger partial charge in [-0.25, -0.2) is 0 Å². The summed E-state index contributed by atoms with van der Waals surface area (Å²) in [6, 6.07) is 29.9. The molecule has 1 fully saturated rings. The highest BCUT2D eigenvalue weighted by atomic mass is 31.2. The molecule has 3 aromatic rings. The molecule has 0 heterocycles. The zero-order valence-corrected chi connectivity index (χ0v) is 16.0. The Morgan fingerprint density at radius 2 is 1.12 bits per heavy atom. The van der Waals surface area contributed by atoms with Crippen LogP contribution in [0.4, 0.5) is 0 Å². The second-order valence-corrected chi connectivity index (χ2v) is 10.9. The van der Waals surface area contributed by atoms with E-state index < -0.39 is 7.26 Å². The van der Waals surface area contributed by atoms with Crippen LogP contribution < -0.4 is 15.9 Å². The molecule has 0 radical (unpaired) electrons. The zero-order chi connectivity index (χ0) is 17.8. The second-order valence-electron chi connectivity index (χ2n) is 7.17. The third-order valence-corrected chi connectivity index (χ3v) is 10.7. The van der Waals surface area contributed by atoms with Crippen molar-refractivity contribution in [1.82, 2.24) is 0 Å². The number of hydrogen-bond donors (Lipinski definition) is 1. The van der Waals surface area contributed by atoms with Crippen molar-refractivity contribution in [2.24, 2.45) is 0 Å². The number of phenolic OH excluding ortho intramolecular Hbond substituents is 1. The molecule has 4 rings (SSSR count). The van der Waals surface area contributed by atoms with Gasteiger partial charge in [0.1, 0.15) is 23.2 Å². The molecular formula is C24H26OP+. The molecule has 0 aliphatic heterocycles. The van der Waals surface area contributed by atoms with Gasteiger partial charge in [0, 0.05) is 0 Å². The van der Waals surface area contributed by atoms with E-state index in [1.54, 1.807) is 0 Å². The summed E-state index contributed by atoms with van der Waals surface area (Å²) in [6.45, 7) is 0. The Balaban J connectivity index is 2.05. The fraction of sp³-hybridized carbons (Fsp3) is 0.250. The van der Waals surface area contributed by atoms with E-state index >= 15 is 0 Å². The Labute approximate surface area is 157 Å². The van der Waals surface area contributed by atoms with Crippen molar-refractivity contribution < 1.29 is 5.11 Å². The molecule has 0 spiro atoms. The maximum Gasteiger partial charge on any atom is 0.158 e. The first-order chi connectivity index (χ1) is 12.8. The van der Waals surface area contributed by atoms with E-state index in [0.717, 1.165) is 5.30 Å². The van der Waals surface area contributed by atoms with Crippen LogP contribution in [0.3, 0.4) is 0 Å². The number of benzene rings is 3. The van der Waals surface area contributed by atoms with Crippen LogP contribution in [0.25, 0.3) is 0 Å². The van der Waals surface area contributed by atoms with Crippen molar-refractivity contribution in [2.75, 3.05) is 0 Å². The molecule has 0 saturated heterocycles. The summed E-state index contributed by atoms with van der Waals surface area (Å²) in [5.41, 5.74) is 0.592. The predicted molar refractivity (Wildman–Crippen MR) is 114 cm³/mol. The van der Waals surface area contributed by atoms with Crippen molar-refractivity contribution in [3.63, 3.8) is 0 Å². The predicted octanol–water partition coefficient (Wildman–Crippen LogP) is 5.02. The lowest BCUT2D eigenvalue weighted by Crippen LogP contribution is -2.39. The molecule has 0 bridgehead atoms. The van der Waals surface area contributed by atoms with E-state index in [9.17, 15) is 5.11 Å². The SMILES string of the molecule is Oc1ccccc1[P+](c1ccccc1)(c1ccccc1)C1CCCCC1. The van der Waals surface area contributed by atoms with Gasteiger partial charge in [0.25, 0.3) is 0 Å². The molecule has 0 unspecified atom stereocenters. The van der Waals surface area contributed by atoms with Crippen molar-refractivity contribution in [3.8, 4) is 5.75 Å². The monoisotopic (exact) mass is 361 g/mol. The van der Waals surface area contributed by atoms with Crippen molar-refractivity contribution >= 4 is 23.2 Å². The molecule has 1 N–H and O–H groups in total. The Bertz CT molecular complexity index is 799. The lowest BCUT2D eigenvalue weighted by Gasteiger charge is -2.37. The summed E-state index contributed by atoms with van der Waals surface area (Å²) in [7, 11) is -1.92. The largest absolute Gasteiger partial charge is 0.504 e. The van der Waals surface area contributed by atoms with E-state index in [2.05, 4.69) is 72.8 Å². The number of rotatable bonds is 4. The van der Waals surface area contributed by atoms with Crippen LogP contribution in [0, 0.1) is 0 Å². The maximum atomic E-state index is 10.9. The average molecular weight is 361 g/mol. The van der Waals surface area contributed by atoms with Gasteiger partial charge in [-0.1, -0.05) is 55.0 Å². The highest BCUT2D eigenvalue weighted by molar-refractivity contribution is 7.96. The first-order valence-electron chi connectivity index (χ1n) is 9.62. The molecule has 1 saturated carbocycles. The Morgan fingerprint density at radius 1 is 0.615 bits per heavy atom. The van der Waals surface area contributed by atoms with E-state index in [-0.39, 0.29) is 0 Å². The van der Waals surface area contributed by atoms with Crippen molar-refractivity contribution in [2.45, 2.75) is 37.8 Å². The molecule has 26 heavy (non-hydrogen) atoms. The van der Waals surface area contributed by atoms with Gasteiger partial charge in [0.05, 0.1) is 5.66 Å². The topological polar surface area (TPSA) is 20.2 Å². The zero-order valence-electron chi connectivity index (χ0n) is 15.1. The summed E-state index contributed by atoms with van der Waals surface area (Å²) in [5.74, 6) is 0.444. The number of phenols is 1. The molecule has 0 amide bonds. The molecule has 132 valence electrons. The highest BCUT2D eigenvalue weighted by Crippen LogP contribution is 2.64. The first kappa shape index (κ1) is 17.3. The van der Waals surface area contributed by atoms with Gasteiger partial charge in [-0.15, -0.1) is 0 Å². The fourth-order valence-corrected chi connectivity index (χ4v) is 9.88. The summed E-state index contributed by atoms with van der Waals surface area (Å²) in [6.07, 6.45) is 6.40. The standard InChI is InChI=1S/C24H25OP/c25-23-18-10-11-19-24(23)26(20-12-4-1-5-13-20,21-14-6-2-7-15-21)22-16-8-3-9-17-22/h1-2,4-7,10-15,18-19,22H,3,8-9,16-17H2/p+1. The van der Waals surface area contributed by atoms with Gasteiger partial charge in [-0.3, -0.25) is 0 Å². The summed E-state index contributed by atoms with van der Waals surface area (Å²) < 4.78 is 0. The molecular weight excluding hydrogens is 335 g/mol. The minimum atomic E-state index is -1.92. The summed E-state index contributed by atoms with van der Waals surface area (Å²) in [5, 5.41) is 14.8. The Kier molecular flexibility index (Phi) is 5.09.